The molecule has 0 amide bonds. The molecule has 1 aromatic heterocycles. The van der Waals surface area contributed by atoms with Gasteiger partial charge >= 0.3 is 0 Å². The Labute approximate surface area is 147 Å². The Balaban J connectivity index is 1.76. The predicted octanol–water partition coefficient (Wildman–Crippen LogP) is 4.66. The van der Waals surface area contributed by atoms with E-state index in [1.165, 1.54) is 19.3 Å². The molecule has 1 N–H and O–H groups in total. The maximum atomic E-state index is 5.66. The van der Waals surface area contributed by atoms with Crippen molar-refractivity contribution in [3.05, 3.63) is 40.4 Å². The van der Waals surface area contributed by atoms with E-state index in [-0.39, 0.29) is 6.10 Å². The largest absolute Gasteiger partial charge is 0.491 e. The Kier molecular flexibility index (Phi) is 5.45. The van der Waals surface area contributed by atoms with Gasteiger partial charge in [0.05, 0.1) is 12.3 Å². The number of benzene rings is 1. The van der Waals surface area contributed by atoms with E-state index in [1.54, 1.807) is 4.68 Å². The zero-order chi connectivity index (χ0) is 16.9. The Morgan fingerprint density at radius 2 is 1.96 bits per heavy atom. The number of rotatable bonds is 5. The van der Waals surface area contributed by atoms with Crippen LogP contribution in [-0.2, 0) is 0 Å². The SMILES string of the molecule is CC(C)Oc1ccc(/C=N\n2c(C3CCCCC3)n[nH]c2=S)cc1. The van der Waals surface area contributed by atoms with E-state index < -0.39 is 0 Å². The van der Waals surface area contributed by atoms with Crippen molar-refractivity contribution in [2.75, 3.05) is 0 Å². The van der Waals surface area contributed by atoms with E-state index >= 15 is 0 Å². The lowest BCUT2D eigenvalue weighted by Gasteiger charge is -2.19. The smallest absolute Gasteiger partial charge is 0.216 e. The third-order valence-electron chi connectivity index (χ3n) is 4.22. The van der Waals surface area contributed by atoms with E-state index in [4.69, 9.17) is 17.0 Å². The standard InChI is InChI=1S/C18H24N4OS/c1-13(2)23-16-10-8-14(9-11-16)12-19-22-17(20-21-18(22)24)15-6-4-3-5-7-15/h8-13,15H,3-7H2,1-2H3,(H,21,24)/b19-12-. The van der Waals surface area contributed by atoms with Crippen LogP contribution in [0, 0.1) is 4.77 Å². The fourth-order valence-electron chi connectivity index (χ4n) is 3.07. The van der Waals surface area contributed by atoms with Crippen LogP contribution in [0.1, 0.15) is 63.3 Å². The van der Waals surface area contributed by atoms with Crippen molar-refractivity contribution in [3.63, 3.8) is 0 Å². The van der Waals surface area contributed by atoms with Crippen molar-refractivity contribution in [2.45, 2.75) is 58.0 Å². The fourth-order valence-corrected chi connectivity index (χ4v) is 3.26. The molecule has 1 heterocycles. The van der Waals surface area contributed by atoms with Gasteiger partial charge in [-0.3, -0.25) is 5.10 Å². The second-order valence-corrected chi connectivity index (χ2v) is 6.90. The highest BCUT2D eigenvalue weighted by atomic mass is 32.1. The molecular weight excluding hydrogens is 320 g/mol. The summed E-state index contributed by atoms with van der Waals surface area (Å²) in [6.45, 7) is 4.03. The van der Waals surface area contributed by atoms with Crippen LogP contribution in [0.25, 0.3) is 0 Å². The quantitative estimate of drug-likeness (QED) is 0.634. The fraction of sp³-hybridized carbons (Fsp3) is 0.500. The van der Waals surface area contributed by atoms with Crippen LogP contribution >= 0.6 is 12.2 Å². The minimum absolute atomic E-state index is 0.173. The summed E-state index contributed by atoms with van der Waals surface area (Å²) in [5.74, 6) is 2.27. The van der Waals surface area contributed by atoms with E-state index in [1.807, 2.05) is 44.3 Å². The minimum atomic E-state index is 0.173. The van der Waals surface area contributed by atoms with Crippen LogP contribution in [0.3, 0.4) is 0 Å². The van der Waals surface area contributed by atoms with Crippen molar-refractivity contribution in [3.8, 4) is 5.75 Å². The highest BCUT2D eigenvalue weighted by molar-refractivity contribution is 7.71. The number of nitrogens with one attached hydrogen (secondary N) is 1. The molecular formula is C18H24N4OS. The molecule has 0 spiro atoms. The average molecular weight is 344 g/mol. The van der Waals surface area contributed by atoms with Gasteiger partial charge in [-0.1, -0.05) is 19.3 Å². The van der Waals surface area contributed by atoms with Gasteiger partial charge in [-0.25, -0.2) is 0 Å². The molecule has 1 saturated carbocycles. The van der Waals surface area contributed by atoms with Gasteiger partial charge in [0.15, 0.2) is 5.82 Å². The summed E-state index contributed by atoms with van der Waals surface area (Å²) in [6.07, 6.45) is 8.14. The first kappa shape index (κ1) is 16.9. The van der Waals surface area contributed by atoms with Crippen LogP contribution in [-0.4, -0.2) is 27.2 Å². The molecule has 0 atom stereocenters. The van der Waals surface area contributed by atoms with Crippen LogP contribution in [0.2, 0.25) is 0 Å². The first-order valence-electron chi connectivity index (χ1n) is 8.62. The molecule has 0 aliphatic heterocycles. The molecule has 1 fully saturated rings. The van der Waals surface area contributed by atoms with Gasteiger partial charge < -0.3 is 4.74 Å². The summed E-state index contributed by atoms with van der Waals surface area (Å²) in [5.41, 5.74) is 1.00. The molecule has 1 aromatic carbocycles. The molecule has 6 heteroatoms. The number of hydrogen-bond donors (Lipinski definition) is 1. The van der Waals surface area contributed by atoms with Crippen LogP contribution in [0.4, 0.5) is 0 Å². The summed E-state index contributed by atoms with van der Waals surface area (Å²) in [6, 6.07) is 7.90. The van der Waals surface area contributed by atoms with Gasteiger partial charge in [0.1, 0.15) is 5.75 Å². The van der Waals surface area contributed by atoms with Gasteiger partial charge in [-0.2, -0.15) is 14.9 Å². The number of aromatic nitrogens is 3. The molecule has 24 heavy (non-hydrogen) atoms. The highest BCUT2D eigenvalue weighted by Gasteiger charge is 2.21. The lowest BCUT2D eigenvalue weighted by Crippen LogP contribution is -2.10. The van der Waals surface area contributed by atoms with Crippen molar-refractivity contribution >= 4 is 18.4 Å². The summed E-state index contributed by atoms with van der Waals surface area (Å²) in [7, 11) is 0. The average Bonchev–Trinajstić information content (AvgIpc) is 2.95. The predicted molar refractivity (Wildman–Crippen MR) is 98.4 cm³/mol. The first-order chi connectivity index (χ1) is 11.6. The molecule has 1 aliphatic carbocycles. The zero-order valence-corrected chi connectivity index (χ0v) is 15.1. The van der Waals surface area contributed by atoms with Crippen molar-refractivity contribution in [1.29, 1.82) is 0 Å². The number of nitrogens with zero attached hydrogens (tertiary/aromatic N) is 3. The van der Waals surface area contributed by atoms with Gasteiger partial charge in [-0.05, 0) is 68.7 Å². The molecule has 3 rings (SSSR count). The zero-order valence-electron chi connectivity index (χ0n) is 14.2. The van der Waals surface area contributed by atoms with E-state index in [0.29, 0.717) is 10.7 Å². The van der Waals surface area contributed by atoms with Crippen LogP contribution < -0.4 is 4.74 Å². The topological polar surface area (TPSA) is 55.2 Å². The van der Waals surface area contributed by atoms with Gasteiger partial charge in [0, 0.05) is 5.92 Å². The third-order valence-corrected chi connectivity index (χ3v) is 4.48. The lowest BCUT2D eigenvalue weighted by molar-refractivity contribution is 0.242. The first-order valence-corrected chi connectivity index (χ1v) is 9.02. The van der Waals surface area contributed by atoms with Crippen molar-refractivity contribution in [1.82, 2.24) is 14.9 Å². The monoisotopic (exact) mass is 344 g/mol. The third kappa shape index (κ3) is 4.12. The van der Waals surface area contributed by atoms with E-state index in [2.05, 4.69) is 15.3 Å². The Hall–Kier alpha value is -1.95. The molecule has 0 unspecified atom stereocenters. The number of ether oxygens (including phenoxy) is 1. The highest BCUT2D eigenvalue weighted by Crippen LogP contribution is 2.31. The van der Waals surface area contributed by atoms with E-state index in [0.717, 1.165) is 30.0 Å². The Morgan fingerprint density at radius 1 is 1.25 bits per heavy atom. The molecule has 0 saturated heterocycles. The molecule has 2 aromatic rings. The molecule has 1 aliphatic rings. The van der Waals surface area contributed by atoms with Gasteiger partial charge in [-0.15, -0.1) is 0 Å². The van der Waals surface area contributed by atoms with Crippen molar-refractivity contribution in [2.24, 2.45) is 5.10 Å². The Bertz CT molecular complexity index is 739. The Morgan fingerprint density at radius 3 is 2.62 bits per heavy atom. The van der Waals surface area contributed by atoms with Crippen LogP contribution in [0.15, 0.2) is 29.4 Å². The van der Waals surface area contributed by atoms with Gasteiger partial charge in [0.25, 0.3) is 0 Å². The summed E-state index contributed by atoms with van der Waals surface area (Å²) in [4.78, 5) is 0. The summed E-state index contributed by atoms with van der Waals surface area (Å²) < 4.78 is 7.97. The maximum Gasteiger partial charge on any atom is 0.216 e. The summed E-state index contributed by atoms with van der Waals surface area (Å²) in [5, 5.41) is 11.8. The molecule has 5 nitrogen and oxygen atoms in total. The molecule has 0 radical (unpaired) electrons. The number of H-pyrrole nitrogens is 1. The second kappa shape index (κ2) is 7.75. The summed E-state index contributed by atoms with van der Waals surface area (Å²) >= 11 is 5.34. The minimum Gasteiger partial charge on any atom is -0.491 e. The van der Waals surface area contributed by atoms with Crippen LogP contribution in [0.5, 0.6) is 5.75 Å². The van der Waals surface area contributed by atoms with Gasteiger partial charge in [0.2, 0.25) is 4.77 Å². The van der Waals surface area contributed by atoms with E-state index in [9.17, 15) is 0 Å². The molecule has 128 valence electrons. The normalized spacial score (nSPS) is 16.1. The lowest BCUT2D eigenvalue weighted by atomic mass is 9.89. The molecule has 0 bridgehead atoms. The second-order valence-electron chi connectivity index (χ2n) is 6.51. The number of aromatic amines is 1. The van der Waals surface area contributed by atoms with Crippen molar-refractivity contribution < 1.29 is 4.74 Å². The maximum absolute atomic E-state index is 5.66. The number of hydrogen-bond acceptors (Lipinski definition) is 4.